The highest BCUT2D eigenvalue weighted by Gasteiger charge is 2.32. The summed E-state index contributed by atoms with van der Waals surface area (Å²) in [6.07, 6.45) is 0. The zero-order valence-corrected chi connectivity index (χ0v) is 16.6. The largest absolute Gasteiger partial charge is 0.350 e. The molecule has 7 heteroatoms. The fraction of sp³-hybridized carbons (Fsp3) is 0.318. The molecule has 0 aliphatic carbocycles. The molecule has 3 amide bonds. The molecule has 0 fully saturated rings. The molecule has 7 nitrogen and oxygen atoms in total. The van der Waals surface area contributed by atoms with Crippen LogP contribution in [0.25, 0.3) is 11.0 Å². The van der Waals surface area contributed by atoms with Crippen LogP contribution >= 0.6 is 0 Å². The quantitative estimate of drug-likeness (QED) is 0.702. The number of hydrogen-bond acceptors (Lipinski definition) is 3. The van der Waals surface area contributed by atoms with Crippen LogP contribution in [0.15, 0.2) is 54.6 Å². The third-order valence-electron chi connectivity index (χ3n) is 5.21. The predicted molar refractivity (Wildman–Crippen MR) is 113 cm³/mol. The Morgan fingerprint density at radius 2 is 1.76 bits per heavy atom. The predicted octanol–water partition coefficient (Wildman–Crippen LogP) is 2.91. The highest BCUT2D eigenvalue weighted by molar-refractivity contribution is 5.96. The van der Waals surface area contributed by atoms with Crippen LogP contribution in [0.2, 0.25) is 0 Å². The molecule has 1 atom stereocenters. The molecule has 3 aromatic rings. The Labute approximate surface area is 169 Å². The highest BCUT2D eigenvalue weighted by Crippen LogP contribution is 2.27. The number of nitrogens with zero attached hydrogens (tertiary/aromatic N) is 3. The van der Waals surface area contributed by atoms with Gasteiger partial charge in [-0.15, -0.1) is 0 Å². The molecule has 1 aromatic heterocycles. The summed E-state index contributed by atoms with van der Waals surface area (Å²) in [5.41, 5.74) is 2.89. The third-order valence-corrected chi connectivity index (χ3v) is 5.21. The Bertz CT molecular complexity index is 1030. The number of carbonyl (C=O) groups excluding carboxylic acids is 2. The lowest BCUT2D eigenvalue weighted by molar-refractivity contribution is -0.124. The fourth-order valence-electron chi connectivity index (χ4n) is 3.62. The van der Waals surface area contributed by atoms with Gasteiger partial charge in [0.2, 0.25) is 11.9 Å². The summed E-state index contributed by atoms with van der Waals surface area (Å²) in [7, 11) is 0. The number of benzene rings is 2. The minimum atomic E-state index is -0.621. The maximum absolute atomic E-state index is 13.0. The van der Waals surface area contributed by atoms with Gasteiger partial charge < -0.3 is 15.2 Å². The van der Waals surface area contributed by atoms with Crippen LogP contribution in [0.1, 0.15) is 19.4 Å². The van der Waals surface area contributed by atoms with E-state index in [1.807, 2.05) is 73.0 Å². The second-order valence-electron chi connectivity index (χ2n) is 7.58. The summed E-state index contributed by atoms with van der Waals surface area (Å²) >= 11 is 0. The van der Waals surface area contributed by atoms with Crippen molar-refractivity contribution in [3.63, 3.8) is 0 Å². The van der Waals surface area contributed by atoms with E-state index in [0.29, 0.717) is 25.6 Å². The average Bonchev–Trinajstić information content (AvgIpc) is 3.30. The van der Waals surface area contributed by atoms with Gasteiger partial charge >= 0.3 is 6.03 Å². The fourth-order valence-corrected chi connectivity index (χ4v) is 3.62. The lowest BCUT2D eigenvalue weighted by atomic mass is 10.0. The molecule has 2 aromatic carbocycles. The van der Waals surface area contributed by atoms with Crippen molar-refractivity contribution in [3.05, 3.63) is 60.2 Å². The second-order valence-corrected chi connectivity index (χ2v) is 7.58. The molecule has 0 unspecified atom stereocenters. The number of hydrogen-bond donors (Lipinski definition) is 2. The topological polar surface area (TPSA) is 79.3 Å². The van der Waals surface area contributed by atoms with Gasteiger partial charge in [-0.05, 0) is 23.6 Å². The van der Waals surface area contributed by atoms with Crippen LogP contribution in [0.4, 0.5) is 10.7 Å². The highest BCUT2D eigenvalue weighted by atomic mass is 16.2. The molecule has 0 bridgehead atoms. The minimum Gasteiger partial charge on any atom is -0.350 e. The Hall–Kier alpha value is -3.35. The average molecular weight is 391 g/mol. The van der Waals surface area contributed by atoms with E-state index in [0.717, 1.165) is 16.6 Å². The third kappa shape index (κ3) is 3.81. The van der Waals surface area contributed by atoms with E-state index in [4.69, 9.17) is 0 Å². The van der Waals surface area contributed by atoms with E-state index >= 15 is 0 Å². The normalized spacial score (nSPS) is 14.1. The molecule has 29 heavy (non-hydrogen) atoms. The van der Waals surface area contributed by atoms with Crippen molar-refractivity contribution in [1.29, 1.82) is 0 Å². The van der Waals surface area contributed by atoms with Crippen molar-refractivity contribution in [1.82, 2.24) is 20.2 Å². The molecule has 1 aliphatic heterocycles. The standard InChI is InChI=1S/C22H25N5O2/c1-15(2)19(20(28)23-14-16-8-4-3-5-9-16)25-22(29)27-13-12-26-18-11-7-6-10-17(18)24-21(26)27/h3-11,15,19H,12-14H2,1-2H3,(H,23,28)(H,25,29)/t19-/m0/s1. The number of imidazole rings is 1. The van der Waals surface area contributed by atoms with Crippen LogP contribution in [-0.2, 0) is 17.9 Å². The lowest BCUT2D eigenvalue weighted by Gasteiger charge is -2.24. The van der Waals surface area contributed by atoms with Gasteiger partial charge in [0.15, 0.2) is 0 Å². The summed E-state index contributed by atoms with van der Waals surface area (Å²) in [4.78, 5) is 31.9. The van der Waals surface area contributed by atoms with Crippen LogP contribution in [-0.4, -0.2) is 34.1 Å². The van der Waals surface area contributed by atoms with Gasteiger partial charge in [-0.2, -0.15) is 0 Å². The van der Waals surface area contributed by atoms with Crippen LogP contribution in [0.5, 0.6) is 0 Å². The van der Waals surface area contributed by atoms with E-state index in [2.05, 4.69) is 15.6 Å². The number of rotatable bonds is 5. The summed E-state index contributed by atoms with van der Waals surface area (Å²) in [6.45, 7) is 5.50. The number of urea groups is 1. The Morgan fingerprint density at radius 3 is 2.52 bits per heavy atom. The molecule has 2 N–H and O–H groups in total. The van der Waals surface area contributed by atoms with Crippen molar-refractivity contribution >= 4 is 28.9 Å². The number of para-hydroxylation sites is 2. The lowest BCUT2D eigenvalue weighted by Crippen LogP contribution is -2.53. The smallest absolute Gasteiger partial charge is 0.324 e. The van der Waals surface area contributed by atoms with Gasteiger partial charge in [0, 0.05) is 19.6 Å². The molecule has 0 saturated carbocycles. The van der Waals surface area contributed by atoms with E-state index in [9.17, 15) is 9.59 Å². The first kappa shape index (κ1) is 19.0. The van der Waals surface area contributed by atoms with E-state index in [1.165, 1.54) is 0 Å². The Balaban J connectivity index is 1.45. The summed E-state index contributed by atoms with van der Waals surface area (Å²) in [5, 5.41) is 5.83. The summed E-state index contributed by atoms with van der Waals surface area (Å²) < 4.78 is 2.04. The number of fused-ring (bicyclic) bond motifs is 3. The van der Waals surface area contributed by atoms with Crippen molar-refractivity contribution in [2.75, 3.05) is 11.4 Å². The Kier molecular flexibility index (Phi) is 5.20. The summed E-state index contributed by atoms with van der Waals surface area (Å²) in [5.74, 6) is 0.386. The molecule has 1 aliphatic rings. The zero-order valence-electron chi connectivity index (χ0n) is 16.6. The van der Waals surface area contributed by atoms with Gasteiger partial charge in [0.25, 0.3) is 0 Å². The van der Waals surface area contributed by atoms with E-state index in [-0.39, 0.29) is 17.9 Å². The molecule has 2 heterocycles. The van der Waals surface area contributed by atoms with Crippen LogP contribution in [0.3, 0.4) is 0 Å². The molecule has 0 radical (unpaired) electrons. The molecular formula is C22H25N5O2. The van der Waals surface area contributed by atoms with Crippen molar-refractivity contribution in [3.8, 4) is 0 Å². The number of amides is 3. The molecule has 150 valence electrons. The van der Waals surface area contributed by atoms with Gasteiger partial charge in [-0.25, -0.2) is 9.78 Å². The number of anilines is 1. The zero-order chi connectivity index (χ0) is 20.4. The molecule has 0 spiro atoms. The first-order valence-corrected chi connectivity index (χ1v) is 9.89. The van der Waals surface area contributed by atoms with E-state index < -0.39 is 6.04 Å². The van der Waals surface area contributed by atoms with Crippen molar-refractivity contribution < 1.29 is 9.59 Å². The van der Waals surface area contributed by atoms with Crippen LogP contribution in [0, 0.1) is 5.92 Å². The SMILES string of the molecule is CC(C)[C@H](NC(=O)N1CCn2c1nc1ccccc12)C(=O)NCc1ccccc1. The van der Waals surface area contributed by atoms with Crippen LogP contribution < -0.4 is 15.5 Å². The minimum absolute atomic E-state index is 0.0452. The molecular weight excluding hydrogens is 366 g/mol. The van der Waals surface area contributed by atoms with Gasteiger partial charge in [-0.1, -0.05) is 56.3 Å². The Morgan fingerprint density at radius 1 is 1.03 bits per heavy atom. The maximum Gasteiger partial charge on any atom is 0.324 e. The number of nitrogens with one attached hydrogen (secondary N) is 2. The van der Waals surface area contributed by atoms with Crippen molar-refractivity contribution in [2.24, 2.45) is 5.92 Å². The van der Waals surface area contributed by atoms with Gasteiger partial charge in [0.05, 0.1) is 11.0 Å². The van der Waals surface area contributed by atoms with Crippen molar-refractivity contribution in [2.45, 2.75) is 33.0 Å². The maximum atomic E-state index is 13.0. The molecule has 0 saturated heterocycles. The van der Waals surface area contributed by atoms with Gasteiger partial charge in [0.1, 0.15) is 6.04 Å². The first-order valence-electron chi connectivity index (χ1n) is 9.89. The number of carbonyl (C=O) groups is 2. The summed E-state index contributed by atoms with van der Waals surface area (Å²) in [6, 6.07) is 16.6. The van der Waals surface area contributed by atoms with Gasteiger partial charge in [-0.3, -0.25) is 9.69 Å². The molecule has 4 rings (SSSR count). The first-order chi connectivity index (χ1) is 14.0. The second kappa shape index (κ2) is 7.95. The number of aromatic nitrogens is 2. The monoisotopic (exact) mass is 391 g/mol. The van der Waals surface area contributed by atoms with E-state index in [1.54, 1.807) is 4.90 Å².